The van der Waals surface area contributed by atoms with E-state index in [0.717, 1.165) is 6.42 Å². The third kappa shape index (κ3) is 3.79. The first kappa shape index (κ1) is 13.6. The van der Waals surface area contributed by atoms with Crippen molar-refractivity contribution in [3.8, 4) is 0 Å². The molecule has 7 nitrogen and oxygen atoms in total. The van der Waals surface area contributed by atoms with E-state index in [0.29, 0.717) is 11.5 Å². The van der Waals surface area contributed by atoms with Crippen LogP contribution < -0.4 is 0 Å². The smallest absolute Gasteiger partial charge is 0.336 e. The van der Waals surface area contributed by atoms with Gasteiger partial charge in [0.2, 0.25) is 0 Å². The fourth-order valence-corrected chi connectivity index (χ4v) is 1.34. The van der Waals surface area contributed by atoms with Crippen LogP contribution in [-0.2, 0) is 24.3 Å². The van der Waals surface area contributed by atoms with Crippen LogP contribution in [0.2, 0.25) is 0 Å². The van der Waals surface area contributed by atoms with Gasteiger partial charge in [0, 0.05) is 12.8 Å². The molecule has 0 spiro atoms. The summed E-state index contributed by atoms with van der Waals surface area (Å²) in [5, 5.41) is 9.29. The first-order valence-electron chi connectivity index (χ1n) is 5.48. The van der Waals surface area contributed by atoms with Crippen LogP contribution in [0, 0.1) is 0 Å². The Bertz CT molecular complexity index is 300. The minimum absolute atomic E-state index is 0.0644. The molecule has 7 heteroatoms. The summed E-state index contributed by atoms with van der Waals surface area (Å²) in [7, 11) is 0. The maximum atomic E-state index is 11.1. The molecule has 1 saturated heterocycles. The Hall–Kier alpha value is -1.47. The highest BCUT2D eigenvalue weighted by Gasteiger charge is 2.32. The van der Waals surface area contributed by atoms with Crippen LogP contribution in [0.15, 0.2) is 0 Å². The second-order valence-corrected chi connectivity index (χ2v) is 3.72. The molecule has 0 radical (unpaired) electrons. The molecule has 1 aliphatic heterocycles. The molecule has 1 rings (SSSR count). The molecule has 0 bridgehead atoms. The molecule has 0 aromatic heterocycles. The zero-order valence-electron chi connectivity index (χ0n) is 9.55. The van der Waals surface area contributed by atoms with E-state index in [2.05, 4.69) is 9.88 Å². The predicted octanol–water partition coefficient (Wildman–Crippen LogP) is 0.642. The van der Waals surface area contributed by atoms with Crippen LogP contribution in [0.5, 0.6) is 0 Å². The fraction of sp³-hybridized carbons (Fsp3) is 0.700. The van der Waals surface area contributed by atoms with Gasteiger partial charge in [0.1, 0.15) is 0 Å². The van der Waals surface area contributed by atoms with Gasteiger partial charge in [0.05, 0.1) is 0 Å². The Morgan fingerprint density at radius 2 is 2.00 bits per heavy atom. The lowest BCUT2D eigenvalue weighted by Gasteiger charge is -2.15. The standard InChI is InChI=1S/C10H15NO6/c1-2-3-4-7(10(14)15)16-17-11-8(12)5-6-9(11)13/h7H,2-6H2,1H3,(H,14,15). The van der Waals surface area contributed by atoms with Crippen LogP contribution in [0.4, 0.5) is 0 Å². The molecule has 1 atom stereocenters. The van der Waals surface area contributed by atoms with Crippen molar-refractivity contribution in [3.05, 3.63) is 0 Å². The quantitative estimate of drug-likeness (QED) is 0.402. The van der Waals surface area contributed by atoms with Gasteiger partial charge in [0.15, 0.2) is 6.10 Å². The number of carboxylic acid groups (broad SMARTS) is 1. The number of hydrogen-bond acceptors (Lipinski definition) is 5. The molecule has 0 aromatic rings. The molecule has 1 unspecified atom stereocenters. The number of aliphatic carboxylic acids is 1. The van der Waals surface area contributed by atoms with Crippen molar-refractivity contribution in [2.75, 3.05) is 0 Å². The lowest BCUT2D eigenvalue weighted by atomic mass is 10.2. The highest BCUT2D eigenvalue weighted by atomic mass is 17.3. The zero-order chi connectivity index (χ0) is 12.8. The summed E-state index contributed by atoms with van der Waals surface area (Å²) < 4.78 is 0. The molecule has 1 N–H and O–H groups in total. The normalized spacial score (nSPS) is 17.6. The summed E-state index contributed by atoms with van der Waals surface area (Å²) in [5.74, 6) is -2.22. The SMILES string of the molecule is CCCCC(OON1C(=O)CCC1=O)C(=O)O. The number of unbranched alkanes of at least 4 members (excludes halogenated alkanes) is 1. The van der Waals surface area contributed by atoms with E-state index in [-0.39, 0.29) is 19.3 Å². The third-order valence-corrected chi connectivity index (χ3v) is 2.33. The van der Waals surface area contributed by atoms with Crippen LogP contribution in [0.3, 0.4) is 0 Å². The zero-order valence-corrected chi connectivity index (χ0v) is 9.55. The van der Waals surface area contributed by atoms with E-state index >= 15 is 0 Å². The van der Waals surface area contributed by atoms with E-state index in [1.54, 1.807) is 0 Å². The highest BCUT2D eigenvalue weighted by Crippen LogP contribution is 2.14. The molecule has 0 saturated carbocycles. The molecular weight excluding hydrogens is 230 g/mol. The number of rotatable bonds is 7. The number of carbonyl (C=O) groups is 3. The van der Waals surface area contributed by atoms with E-state index in [1.165, 1.54) is 0 Å². The number of nitrogens with zero attached hydrogens (tertiary/aromatic N) is 1. The topological polar surface area (TPSA) is 93.1 Å². The monoisotopic (exact) mass is 245 g/mol. The summed E-state index contributed by atoms with van der Waals surface area (Å²) >= 11 is 0. The van der Waals surface area contributed by atoms with Crippen molar-refractivity contribution in [1.82, 2.24) is 5.06 Å². The van der Waals surface area contributed by atoms with Crippen molar-refractivity contribution in [3.63, 3.8) is 0 Å². The Morgan fingerprint density at radius 3 is 2.47 bits per heavy atom. The first-order valence-corrected chi connectivity index (χ1v) is 5.48. The van der Waals surface area contributed by atoms with E-state index in [4.69, 9.17) is 5.11 Å². The molecule has 2 amide bonds. The summed E-state index contributed by atoms with van der Waals surface area (Å²) in [5.41, 5.74) is 0. The number of carbonyl (C=O) groups excluding carboxylic acids is 2. The van der Waals surface area contributed by atoms with E-state index in [9.17, 15) is 14.4 Å². The van der Waals surface area contributed by atoms with Gasteiger partial charge in [-0.15, -0.1) is 10.1 Å². The summed E-state index contributed by atoms with van der Waals surface area (Å²) in [4.78, 5) is 42.2. The summed E-state index contributed by atoms with van der Waals surface area (Å²) in [6, 6.07) is 0. The largest absolute Gasteiger partial charge is 0.479 e. The van der Waals surface area contributed by atoms with Gasteiger partial charge >= 0.3 is 5.97 Å². The number of hydroxylamine groups is 2. The van der Waals surface area contributed by atoms with Gasteiger partial charge in [-0.1, -0.05) is 19.8 Å². The number of amides is 2. The molecule has 0 aromatic carbocycles. The number of carboxylic acids is 1. The molecule has 1 fully saturated rings. The van der Waals surface area contributed by atoms with Gasteiger partial charge in [-0.3, -0.25) is 9.59 Å². The maximum absolute atomic E-state index is 11.1. The van der Waals surface area contributed by atoms with Crippen molar-refractivity contribution < 1.29 is 29.4 Å². The Kier molecular flexibility index (Phi) is 5.05. The van der Waals surface area contributed by atoms with Crippen LogP contribution in [0.25, 0.3) is 0 Å². The molecular formula is C10H15NO6. The minimum atomic E-state index is -1.18. The molecule has 0 aliphatic carbocycles. The first-order chi connectivity index (χ1) is 8.06. The lowest BCUT2D eigenvalue weighted by Crippen LogP contribution is -2.34. The van der Waals surface area contributed by atoms with Crippen molar-refractivity contribution in [2.45, 2.75) is 45.1 Å². The van der Waals surface area contributed by atoms with Gasteiger partial charge < -0.3 is 5.11 Å². The van der Waals surface area contributed by atoms with E-state index < -0.39 is 23.9 Å². The lowest BCUT2D eigenvalue weighted by molar-refractivity contribution is -0.409. The van der Waals surface area contributed by atoms with Crippen LogP contribution in [-0.4, -0.2) is 34.1 Å². The van der Waals surface area contributed by atoms with Crippen LogP contribution >= 0.6 is 0 Å². The second-order valence-electron chi connectivity index (χ2n) is 3.72. The Labute approximate surface area is 98.2 Å². The summed E-state index contributed by atoms with van der Waals surface area (Å²) in [6.07, 6.45) is 0.694. The fourth-order valence-electron chi connectivity index (χ4n) is 1.34. The molecule has 1 heterocycles. The Balaban J connectivity index is 2.43. The maximum Gasteiger partial charge on any atom is 0.336 e. The second kappa shape index (κ2) is 6.31. The number of hydrogen-bond donors (Lipinski definition) is 1. The average molecular weight is 245 g/mol. The summed E-state index contributed by atoms with van der Waals surface area (Å²) in [6.45, 7) is 1.91. The molecule has 96 valence electrons. The van der Waals surface area contributed by atoms with Crippen molar-refractivity contribution in [1.29, 1.82) is 0 Å². The predicted molar refractivity (Wildman–Crippen MR) is 54.2 cm³/mol. The van der Waals surface area contributed by atoms with Crippen molar-refractivity contribution in [2.24, 2.45) is 0 Å². The Morgan fingerprint density at radius 1 is 1.41 bits per heavy atom. The van der Waals surface area contributed by atoms with Gasteiger partial charge in [-0.2, -0.15) is 4.89 Å². The minimum Gasteiger partial charge on any atom is -0.479 e. The van der Waals surface area contributed by atoms with Gasteiger partial charge in [-0.25, -0.2) is 4.79 Å². The van der Waals surface area contributed by atoms with Crippen LogP contribution in [0.1, 0.15) is 39.0 Å². The highest BCUT2D eigenvalue weighted by molar-refractivity contribution is 6.00. The van der Waals surface area contributed by atoms with Crippen molar-refractivity contribution >= 4 is 17.8 Å². The number of imide groups is 1. The third-order valence-electron chi connectivity index (χ3n) is 2.33. The molecule has 17 heavy (non-hydrogen) atoms. The van der Waals surface area contributed by atoms with Gasteiger partial charge in [0.25, 0.3) is 11.8 Å². The average Bonchev–Trinajstić information content (AvgIpc) is 2.59. The van der Waals surface area contributed by atoms with Gasteiger partial charge in [-0.05, 0) is 6.42 Å². The molecule has 1 aliphatic rings. The van der Waals surface area contributed by atoms with E-state index in [1.807, 2.05) is 6.92 Å².